The molecule has 7 heteroatoms. The molecule has 0 radical (unpaired) electrons. The van der Waals surface area contributed by atoms with Crippen molar-refractivity contribution in [3.8, 4) is 0 Å². The van der Waals surface area contributed by atoms with Crippen LogP contribution in [0, 0.1) is 0 Å². The van der Waals surface area contributed by atoms with Gasteiger partial charge in [-0.05, 0) is 6.92 Å². The normalized spacial score (nSPS) is 11.3. The summed E-state index contributed by atoms with van der Waals surface area (Å²) in [6, 6.07) is 0.425. The van der Waals surface area contributed by atoms with E-state index in [0.29, 0.717) is 19.1 Å². The highest BCUT2D eigenvalue weighted by molar-refractivity contribution is 4.91. The first-order valence-electron chi connectivity index (χ1n) is 6.17. The lowest BCUT2D eigenvalue weighted by molar-refractivity contribution is 0.517. The summed E-state index contributed by atoms with van der Waals surface area (Å²) >= 11 is 0. The van der Waals surface area contributed by atoms with Crippen LogP contribution in [0.3, 0.4) is 0 Å². The van der Waals surface area contributed by atoms with Gasteiger partial charge in [0.15, 0.2) is 0 Å². The predicted octanol–water partition coefficient (Wildman–Crippen LogP) is 0.436. The molecule has 0 aromatic carbocycles. The topological polar surface area (TPSA) is 73.5 Å². The lowest BCUT2D eigenvalue weighted by Crippen LogP contribution is -2.24. The number of hydrogen-bond acceptors (Lipinski definition) is 5. The third-order valence-corrected chi connectivity index (χ3v) is 2.65. The number of hydrogen-bond donors (Lipinski definition) is 1. The van der Waals surface area contributed by atoms with Crippen molar-refractivity contribution in [1.82, 2.24) is 34.8 Å². The van der Waals surface area contributed by atoms with E-state index in [0.717, 1.165) is 18.2 Å². The van der Waals surface area contributed by atoms with Crippen LogP contribution in [0.4, 0.5) is 0 Å². The Morgan fingerprint density at radius 2 is 1.78 bits per heavy atom. The Morgan fingerprint density at radius 3 is 2.44 bits per heavy atom. The van der Waals surface area contributed by atoms with Gasteiger partial charge in [0.2, 0.25) is 0 Å². The van der Waals surface area contributed by atoms with Crippen LogP contribution in [0.25, 0.3) is 0 Å². The van der Waals surface area contributed by atoms with E-state index in [9.17, 15) is 0 Å². The number of rotatable bonds is 6. The minimum Gasteiger partial charge on any atom is -0.308 e. The van der Waals surface area contributed by atoms with Gasteiger partial charge in [-0.15, -0.1) is 0 Å². The molecule has 0 amide bonds. The first-order chi connectivity index (χ1) is 8.70. The van der Waals surface area contributed by atoms with Crippen LogP contribution in [0.1, 0.15) is 32.4 Å². The maximum atomic E-state index is 4.26. The molecule has 1 N–H and O–H groups in total. The van der Waals surface area contributed by atoms with Crippen molar-refractivity contribution in [2.45, 2.75) is 46.4 Å². The summed E-state index contributed by atoms with van der Waals surface area (Å²) in [4.78, 5) is 8.50. The Kier molecular flexibility index (Phi) is 4.03. The first-order valence-corrected chi connectivity index (χ1v) is 6.17. The number of aryl methyl sites for hydroxylation is 1. The van der Waals surface area contributed by atoms with Crippen molar-refractivity contribution in [2.75, 3.05) is 0 Å². The summed E-state index contributed by atoms with van der Waals surface area (Å²) in [5, 5.41) is 11.7. The van der Waals surface area contributed by atoms with Gasteiger partial charge < -0.3 is 5.32 Å². The maximum Gasteiger partial charge on any atom is 0.148 e. The van der Waals surface area contributed by atoms with E-state index in [-0.39, 0.29) is 0 Å². The molecule has 0 aliphatic carbocycles. The van der Waals surface area contributed by atoms with Gasteiger partial charge >= 0.3 is 0 Å². The average Bonchev–Trinajstić information content (AvgIpc) is 2.96. The summed E-state index contributed by atoms with van der Waals surface area (Å²) in [6.07, 6.45) is 3.14. The summed E-state index contributed by atoms with van der Waals surface area (Å²) in [7, 11) is 0. The summed E-state index contributed by atoms with van der Waals surface area (Å²) < 4.78 is 3.72. The molecule has 18 heavy (non-hydrogen) atoms. The minimum absolute atomic E-state index is 0.425. The van der Waals surface area contributed by atoms with Crippen molar-refractivity contribution in [2.24, 2.45) is 0 Å². The second kappa shape index (κ2) is 5.72. The van der Waals surface area contributed by atoms with Gasteiger partial charge in [0.25, 0.3) is 0 Å². The van der Waals surface area contributed by atoms with Gasteiger partial charge in [-0.3, -0.25) is 0 Å². The van der Waals surface area contributed by atoms with Gasteiger partial charge in [-0.2, -0.15) is 10.2 Å². The van der Waals surface area contributed by atoms with Crippen molar-refractivity contribution < 1.29 is 0 Å². The lowest BCUT2D eigenvalue weighted by atomic mass is 10.4. The fourth-order valence-electron chi connectivity index (χ4n) is 1.66. The molecule has 0 atom stereocenters. The molecule has 2 aromatic heterocycles. The minimum atomic E-state index is 0.425. The van der Waals surface area contributed by atoms with E-state index in [1.54, 1.807) is 12.7 Å². The quantitative estimate of drug-likeness (QED) is 0.804. The molecule has 0 saturated carbocycles. The van der Waals surface area contributed by atoms with Crippen molar-refractivity contribution in [1.29, 1.82) is 0 Å². The average molecular weight is 249 g/mol. The van der Waals surface area contributed by atoms with Crippen LogP contribution in [0.5, 0.6) is 0 Å². The fraction of sp³-hybridized carbons (Fsp3) is 0.636. The standard InChI is InChI=1S/C11H19N7/c1-4-17-11(14-8-15-17)6-18-10(13-7-16-18)5-12-9(2)3/h7-9,12H,4-6H2,1-3H3. The Hall–Kier alpha value is -1.76. The third kappa shape index (κ3) is 2.92. The van der Waals surface area contributed by atoms with E-state index in [1.807, 2.05) is 16.3 Å². The Labute approximate surface area is 106 Å². The largest absolute Gasteiger partial charge is 0.308 e. The molecule has 98 valence electrons. The van der Waals surface area contributed by atoms with Gasteiger partial charge in [-0.1, -0.05) is 13.8 Å². The van der Waals surface area contributed by atoms with Crippen LogP contribution < -0.4 is 5.32 Å². The molecule has 0 spiro atoms. The number of nitrogens with one attached hydrogen (secondary N) is 1. The van der Waals surface area contributed by atoms with Crippen LogP contribution in [-0.2, 0) is 19.6 Å². The van der Waals surface area contributed by atoms with Gasteiger partial charge in [0, 0.05) is 12.6 Å². The van der Waals surface area contributed by atoms with Crippen LogP contribution in [-0.4, -0.2) is 35.6 Å². The number of nitrogens with zero attached hydrogens (tertiary/aromatic N) is 6. The molecule has 0 bridgehead atoms. The van der Waals surface area contributed by atoms with Gasteiger partial charge in [0.05, 0.1) is 6.54 Å². The molecule has 2 rings (SSSR count). The smallest absolute Gasteiger partial charge is 0.148 e. The zero-order valence-corrected chi connectivity index (χ0v) is 11.0. The first kappa shape index (κ1) is 12.7. The Bertz CT molecular complexity index is 485. The summed E-state index contributed by atoms with van der Waals surface area (Å²) in [5.74, 6) is 1.81. The van der Waals surface area contributed by atoms with E-state index >= 15 is 0 Å². The van der Waals surface area contributed by atoms with Crippen LogP contribution >= 0.6 is 0 Å². The molecule has 0 unspecified atom stereocenters. The van der Waals surface area contributed by atoms with Gasteiger partial charge in [0.1, 0.15) is 30.8 Å². The Morgan fingerprint density at radius 1 is 1.11 bits per heavy atom. The summed E-state index contributed by atoms with van der Waals surface area (Å²) in [6.45, 7) is 8.37. The molecular formula is C11H19N7. The number of aromatic nitrogens is 6. The van der Waals surface area contributed by atoms with Crippen LogP contribution in [0.15, 0.2) is 12.7 Å². The van der Waals surface area contributed by atoms with E-state index in [2.05, 4.69) is 39.3 Å². The molecule has 2 heterocycles. The van der Waals surface area contributed by atoms with Crippen LogP contribution in [0.2, 0.25) is 0 Å². The molecule has 0 aliphatic heterocycles. The summed E-state index contributed by atoms with van der Waals surface area (Å²) in [5.41, 5.74) is 0. The fourth-order valence-corrected chi connectivity index (χ4v) is 1.66. The zero-order chi connectivity index (χ0) is 13.0. The van der Waals surface area contributed by atoms with Crippen molar-refractivity contribution >= 4 is 0 Å². The van der Waals surface area contributed by atoms with Crippen molar-refractivity contribution in [3.63, 3.8) is 0 Å². The molecule has 0 aliphatic rings. The highest BCUT2D eigenvalue weighted by Crippen LogP contribution is 2.01. The van der Waals surface area contributed by atoms with E-state index < -0.39 is 0 Å². The zero-order valence-electron chi connectivity index (χ0n) is 11.0. The molecule has 2 aromatic rings. The van der Waals surface area contributed by atoms with Gasteiger partial charge in [-0.25, -0.2) is 19.3 Å². The SMILES string of the molecule is CCn1ncnc1Cn1ncnc1CNC(C)C. The molecule has 7 nitrogen and oxygen atoms in total. The highest BCUT2D eigenvalue weighted by atomic mass is 15.4. The van der Waals surface area contributed by atoms with E-state index in [4.69, 9.17) is 0 Å². The molecular weight excluding hydrogens is 230 g/mol. The molecule has 0 fully saturated rings. The second-order valence-electron chi connectivity index (χ2n) is 4.36. The van der Waals surface area contributed by atoms with Crippen molar-refractivity contribution in [3.05, 3.63) is 24.3 Å². The highest BCUT2D eigenvalue weighted by Gasteiger charge is 2.09. The maximum absolute atomic E-state index is 4.26. The second-order valence-corrected chi connectivity index (χ2v) is 4.36. The van der Waals surface area contributed by atoms with E-state index in [1.165, 1.54) is 0 Å². The Balaban J connectivity index is 2.07. The monoisotopic (exact) mass is 249 g/mol. The lowest BCUT2D eigenvalue weighted by Gasteiger charge is -2.09. The molecule has 0 saturated heterocycles. The predicted molar refractivity (Wildman–Crippen MR) is 66.8 cm³/mol. The third-order valence-electron chi connectivity index (χ3n) is 2.65.